The molecule has 0 bridgehead atoms. The highest BCUT2D eigenvalue weighted by atomic mass is 35.5. The Morgan fingerprint density at radius 2 is 2.00 bits per heavy atom. The molecule has 0 aliphatic heterocycles. The van der Waals surface area contributed by atoms with Gasteiger partial charge in [-0.3, -0.25) is 0 Å². The molecule has 1 aromatic rings. The molecule has 2 nitrogen and oxygen atoms in total. The van der Waals surface area contributed by atoms with Crippen molar-refractivity contribution in [3.05, 3.63) is 28.8 Å². The Balaban J connectivity index is 2.02. The Kier molecular flexibility index (Phi) is 5.53. The van der Waals surface area contributed by atoms with E-state index in [1.54, 1.807) is 0 Å². The van der Waals surface area contributed by atoms with Crippen LogP contribution in [0.25, 0.3) is 0 Å². The third kappa shape index (κ3) is 3.87. The first-order chi connectivity index (χ1) is 9.24. The van der Waals surface area contributed by atoms with Gasteiger partial charge in [0, 0.05) is 12.1 Å². The smallest absolute Gasteiger partial charge is 0.142 e. The normalized spacial score (nSPS) is 23.3. The molecule has 106 valence electrons. The summed E-state index contributed by atoms with van der Waals surface area (Å²) in [6, 6.07) is 5.97. The molecule has 1 aliphatic carbocycles. The number of rotatable bonds is 5. The Morgan fingerprint density at radius 3 is 2.63 bits per heavy atom. The molecule has 0 aromatic heterocycles. The van der Waals surface area contributed by atoms with Crippen LogP contribution in [0, 0.1) is 5.92 Å². The second kappa shape index (κ2) is 7.16. The van der Waals surface area contributed by atoms with Gasteiger partial charge in [-0.05, 0) is 44.7 Å². The van der Waals surface area contributed by atoms with Crippen LogP contribution in [0.1, 0.15) is 44.6 Å². The Morgan fingerprint density at radius 1 is 1.26 bits per heavy atom. The molecule has 2 rings (SSSR count). The van der Waals surface area contributed by atoms with E-state index in [1.165, 1.54) is 19.3 Å². The fourth-order valence-electron chi connectivity index (χ4n) is 2.84. The summed E-state index contributed by atoms with van der Waals surface area (Å²) in [4.78, 5) is 0. The number of para-hydroxylation sites is 1. The van der Waals surface area contributed by atoms with Crippen LogP contribution < -0.4 is 10.1 Å². The minimum Gasteiger partial charge on any atom is -0.489 e. The summed E-state index contributed by atoms with van der Waals surface area (Å²) in [7, 11) is 1.94. The lowest BCUT2D eigenvalue weighted by Crippen LogP contribution is -2.24. The van der Waals surface area contributed by atoms with Crippen LogP contribution in [0.4, 0.5) is 0 Å². The van der Waals surface area contributed by atoms with Crippen molar-refractivity contribution >= 4 is 11.6 Å². The molecule has 3 heteroatoms. The van der Waals surface area contributed by atoms with Crippen molar-refractivity contribution in [2.24, 2.45) is 5.92 Å². The molecule has 0 unspecified atom stereocenters. The molecule has 0 atom stereocenters. The van der Waals surface area contributed by atoms with Crippen molar-refractivity contribution in [1.82, 2.24) is 5.32 Å². The van der Waals surface area contributed by atoms with Crippen LogP contribution in [0.15, 0.2) is 18.2 Å². The van der Waals surface area contributed by atoms with Gasteiger partial charge in [0.2, 0.25) is 0 Å². The van der Waals surface area contributed by atoms with Gasteiger partial charge in [-0.2, -0.15) is 0 Å². The van der Waals surface area contributed by atoms with Crippen molar-refractivity contribution in [2.45, 2.75) is 51.7 Å². The van der Waals surface area contributed by atoms with Crippen molar-refractivity contribution in [3.63, 3.8) is 0 Å². The van der Waals surface area contributed by atoms with Gasteiger partial charge in [-0.25, -0.2) is 0 Å². The average Bonchev–Trinajstić information content (AvgIpc) is 2.44. The second-order valence-corrected chi connectivity index (χ2v) is 5.83. The van der Waals surface area contributed by atoms with Crippen molar-refractivity contribution < 1.29 is 4.74 Å². The van der Waals surface area contributed by atoms with Gasteiger partial charge in [0.1, 0.15) is 5.75 Å². The lowest BCUT2D eigenvalue weighted by Gasteiger charge is -2.29. The molecule has 1 fully saturated rings. The van der Waals surface area contributed by atoms with E-state index < -0.39 is 0 Å². The molecule has 0 radical (unpaired) electrons. The van der Waals surface area contributed by atoms with Crippen molar-refractivity contribution in [1.29, 1.82) is 0 Å². The van der Waals surface area contributed by atoms with E-state index in [4.69, 9.17) is 16.3 Å². The minimum absolute atomic E-state index is 0.332. The Labute approximate surface area is 121 Å². The van der Waals surface area contributed by atoms with E-state index in [2.05, 4.69) is 18.3 Å². The van der Waals surface area contributed by atoms with E-state index in [-0.39, 0.29) is 0 Å². The summed E-state index contributed by atoms with van der Waals surface area (Å²) in [6.07, 6.45) is 6.51. The van der Waals surface area contributed by atoms with Gasteiger partial charge in [0.05, 0.1) is 11.1 Å². The first-order valence-electron chi connectivity index (χ1n) is 7.33. The summed E-state index contributed by atoms with van der Waals surface area (Å²) >= 11 is 6.29. The fraction of sp³-hybridized carbons (Fsp3) is 0.625. The van der Waals surface area contributed by atoms with Gasteiger partial charge in [0.25, 0.3) is 0 Å². The molecule has 1 aliphatic rings. The first kappa shape index (κ1) is 14.7. The van der Waals surface area contributed by atoms with Gasteiger partial charge < -0.3 is 10.1 Å². The predicted molar refractivity (Wildman–Crippen MR) is 80.9 cm³/mol. The second-order valence-electron chi connectivity index (χ2n) is 5.43. The molecule has 1 aromatic carbocycles. The summed E-state index contributed by atoms with van der Waals surface area (Å²) in [5.74, 6) is 1.77. The van der Waals surface area contributed by atoms with Crippen LogP contribution in [0.2, 0.25) is 5.02 Å². The van der Waals surface area contributed by atoms with Gasteiger partial charge in [0.15, 0.2) is 0 Å². The highest BCUT2D eigenvalue weighted by molar-refractivity contribution is 6.32. The van der Waals surface area contributed by atoms with E-state index in [9.17, 15) is 0 Å². The molecule has 0 saturated heterocycles. The summed E-state index contributed by atoms with van der Waals surface area (Å²) in [5, 5.41) is 3.89. The zero-order valence-electron chi connectivity index (χ0n) is 11.9. The van der Waals surface area contributed by atoms with Crippen LogP contribution in [-0.2, 0) is 6.54 Å². The largest absolute Gasteiger partial charge is 0.489 e. The molecule has 1 saturated carbocycles. The monoisotopic (exact) mass is 281 g/mol. The Hall–Kier alpha value is -0.730. The fourth-order valence-corrected chi connectivity index (χ4v) is 3.08. The predicted octanol–water partition coefficient (Wildman–Crippen LogP) is 4.41. The van der Waals surface area contributed by atoms with Gasteiger partial charge in [-0.15, -0.1) is 0 Å². The molecule has 0 spiro atoms. The number of hydrogen-bond acceptors (Lipinski definition) is 2. The first-order valence-corrected chi connectivity index (χ1v) is 7.71. The van der Waals surface area contributed by atoms with E-state index in [0.29, 0.717) is 6.10 Å². The number of halogens is 1. The molecule has 19 heavy (non-hydrogen) atoms. The molecule has 0 heterocycles. The lowest BCUT2D eigenvalue weighted by molar-refractivity contribution is 0.129. The molecule has 1 N–H and O–H groups in total. The SMILES string of the molecule is CCC1CCC(Oc2c(Cl)cccc2CNC)CC1. The molecule has 0 amide bonds. The van der Waals surface area contributed by atoms with Crippen molar-refractivity contribution in [3.8, 4) is 5.75 Å². The lowest BCUT2D eigenvalue weighted by atomic mass is 9.86. The summed E-state index contributed by atoms with van der Waals surface area (Å²) < 4.78 is 6.19. The maximum Gasteiger partial charge on any atom is 0.142 e. The van der Waals surface area contributed by atoms with Crippen LogP contribution in [0.3, 0.4) is 0 Å². The van der Waals surface area contributed by atoms with Gasteiger partial charge >= 0.3 is 0 Å². The zero-order chi connectivity index (χ0) is 13.7. The quantitative estimate of drug-likeness (QED) is 0.863. The minimum atomic E-state index is 0.332. The summed E-state index contributed by atoms with van der Waals surface area (Å²) in [6.45, 7) is 3.07. The topological polar surface area (TPSA) is 21.3 Å². The number of nitrogens with one attached hydrogen (secondary N) is 1. The standard InChI is InChI=1S/C16H24ClNO/c1-3-12-7-9-14(10-8-12)19-16-13(11-18-2)5-4-6-15(16)17/h4-6,12,14,18H,3,7-11H2,1-2H3. The number of benzene rings is 1. The number of hydrogen-bond donors (Lipinski definition) is 1. The third-order valence-electron chi connectivity index (χ3n) is 4.07. The zero-order valence-corrected chi connectivity index (χ0v) is 12.7. The van der Waals surface area contributed by atoms with Crippen LogP contribution >= 0.6 is 11.6 Å². The van der Waals surface area contributed by atoms with E-state index in [1.807, 2.05) is 19.2 Å². The summed E-state index contributed by atoms with van der Waals surface area (Å²) in [5.41, 5.74) is 1.15. The highest BCUT2D eigenvalue weighted by Crippen LogP contribution is 2.34. The third-order valence-corrected chi connectivity index (χ3v) is 4.37. The van der Waals surface area contributed by atoms with Crippen LogP contribution in [-0.4, -0.2) is 13.2 Å². The van der Waals surface area contributed by atoms with Gasteiger partial charge in [-0.1, -0.05) is 37.1 Å². The maximum absolute atomic E-state index is 6.29. The number of ether oxygens (including phenoxy) is 1. The molecular weight excluding hydrogens is 258 g/mol. The maximum atomic E-state index is 6.29. The average molecular weight is 282 g/mol. The highest BCUT2D eigenvalue weighted by Gasteiger charge is 2.22. The van der Waals surface area contributed by atoms with Crippen molar-refractivity contribution in [2.75, 3.05) is 7.05 Å². The van der Waals surface area contributed by atoms with E-state index in [0.717, 1.165) is 41.6 Å². The van der Waals surface area contributed by atoms with E-state index >= 15 is 0 Å². The molecular formula is C16H24ClNO. The van der Waals surface area contributed by atoms with Crippen LogP contribution in [0.5, 0.6) is 5.75 Å². The Bertz CT molecular complexity index is 400.